The van der Waals surface area contributed by atoms with Crippen molar-refractivity contribution in [1.29, 1.82) is 0 Å². The van der Waals surface area contributed by atoms with E-state index in [-0.39, 0.29) is 43.7 Å². The third-order valence-electron chi connectivity index (χ3n) is 0.509. The van der Waals surface area contributed by atoms with Gasteiger partial charge in [0.1, 0.15) is 0 Å². The Labute approximate surface area is 79.6 Å². The van der Waals surface area contributed by atoms with Crippen LogP contribution in [0.25, 0.3) is 0 Å². The summed E-state index contributed by atoms with van der Waals surface area (Å²) in [5.41, 5.74) is 0. The van der Waals surface area contributed by atoms with Crippen LogP contribution in [0, 0.1) is 0 Å². The molecule has 0 spiro atoms. The van der Waals surface area contributed by atoms with E-state index in [9.17, 15) is 4.79 Å². The molecule has 2 radical (unpaired) electrons. The van der Waals surface area contributed by atoms with Crippen LogP contribution in [0.3, 0.4) is 0 Å². The van der Waals surface area contributed by atoms with Crippen LogP contribution in [-0.4, -0.2) is 50.3 Å². The zero-order valence-corrected chi connectivity index (χ0v) is 7.65. The van der Waals surface area contributed by atoms with Crippen molar-refractivity contribution in [3.05, 3.63) is 0 Å². The first-order valence-corrected chi connectivity index (χ1v) is 2.40. The monoisotopic (exact) mass is 142 g/mol. The molecule has 0 atom stereocenters. The van der Waals surface area contributed by atoms with Crippen LogP contribution in [0.15, 0.2) is 0 Å². The normalized spacial score (nSPS) is 7.25. The summed E-state index contributed by atoms with van der Waals surface area (Å²) < 4.78 is 4.55. The molecule has 0 amide bonds. The molecule has 0 bridgehead atoms. The van der Waals surface area contributed by atoms with Gasteiger partial charge in [-0.05, 0) is 6.42 Å². The third-order valence-corrected chi connectivity index (χ3v) is 0.509. The molecule has 0 aromatic carbocycles. The molecule has 0 aliphatic rings. The second-order valence-electron chi connectivity index (χ2n) is 1.34. The fourth-order valence-electron chi connectivity index (χ4n) is 0.246. The van der Waals surface area contributed by atoms with Gasteiger partial charge in [-0.2, -0.15) is 0 Å². The average Bonchev–Trinajstić information content (AvgIpc) is 1.61. The van der Waals surface area contributed by atoms with Crippen LogP contribution >= 0.6 is 0 Å². The van der Waals surface area contributed by atoms with Gasteiger partial charge in [-0.25, -0.2) is 0 Å². The maximum absolute atomic E-state index is 9.98. The Hall–Kier alpha value is 0.730. The quantitative estimate of drug-likeness (QED) is 0.416. The standard InChI is InChI=1S/C5H10O2.Ca/c1-3-4-7-5(2)6;/h3-4H2,1-2H3;. The van der Waals surface area contributed by atoms with E-state index in [1.807, 2.05) is 6.92 Å². The van der Waals surface area contributed by atoms with E-state index in [0.717, 1.165) is 6.42 Å². The Morgan fingerprint density at radius 1 is 1.62 bits per heavy atom. The summed E-state index contributed by atoms with van der Waals surface area (Å²) in [7, 11) is 0. The first-order chi connectivity index (χ1) is 3.27. The first kappa shape index (κ1) is 11.5. The van der Waals surface area contributed by atoms with Gasteiger partial charge in [0, 0.05) is 44.7 Å². The van der Waals surface area contributed by atoms with Gasteiger partial charge in [-0.15, -0.1) is 0 Å². The fraction of sp³-hybridized carbons (Fsp3) is 0.800. The fourth-order valence-corrected chi connectivity index (χ4v) is 0.246. The van der Waals surface area contributed by atoms with Gasteiger partial charge >= 0.3 is 5.97 Å². The van der Waals surface area contributed by atoms with Gasteiger partial charge in [0.2, 0.25) is 0 Å². The summed E-state index contributed by atoms with van der Waals surface area (Å²) in [6.45, 7) is 3.92. The summed E-state index contributed by atoms with van der Waals surface area (Å²) in [4.78, 5) is 9.98. The molecule has 0 saturated carbocycles. The van der Waals surface area contributed by atoms with Gasteiger partial charge in [-0.1, -0.05) is 6.92 Å². The van der Waals surface area contributed by atoms with Crippen molar-refractivity contribution in [2.75, 3.05) is 6.61 Å². The number of carbonyl (C=O) groups is 1. The molecule has 0 heterocycles. The minimum Gasteiger partial charge on any atom is -0.466 e. The molecule has 0 aromatic heterocycles. The summed E-state index contributed by atoms with van der Waals surface area (Å²) in [5, 5.41) is 0. The smallest absolute Gasteiger partial charge is 0.302 e. The van der Waals surface area contributed by atoms with Crippen molar-refractivity contribution in [3.8, 4) is 0 Å². The van der Waals surface area contributed by atoms with Crippen LogP contribution in [0.2, 0.25) is 0 Å². The topological polar surface area (TPSA) is 26.3 Å². The molecule has 3 heteroatoms. The van der Waals surface area contributed by atoms with E-state index in [0.29, 0.717) is 6.61 Å². The van der Waals surface area contributed by atoms with Gasteiger partial charge in [0.25, 0.3) is 0 Å². The Morgan fingerprint density at radius 2 is 2.12 bits per heavy atom. The third kappa shape index (κ3) is 9.88. The van der Waals surface area contributed by atoms with Crippen LogP contribution in [0.5, 0.6) is 0 Å². The number of esters is 1. The van der Waals surface area contributed by atoms with E-state index in [4.69, 9.17) is 0 Å². The van der Waals surface area contributed by atoms with E-state index in [1.54, 1.807) is 0 Å². The van der Waals surface area contributed by atoms with Crippen molar-refractivity contribution >= 4 is 43.7 Å². The van der Waals surface area contributed by atoms with Gasteiger partial charge < -0.3 is 4.74 Å². The van der Waals surface area contributed by atoms with Crippen molar-refractivity contribution in [3.63, 3.8) is 0 Å². The number of hydrogen-bond acceptors (Lipinski definition) is 2. The molecule has 0 fully saturated rings. The summed E-state index contributed by atoms with van der Waals surface area (Å²) in [6.07, 6.45) is 0.902. The number of carbonyl (C=O) groups excluding carboxylic acids is 1. The zero-order valence-electron chi connectivity index (χ0n) is 5.44. The Bertz CT molecular complexity index is 63.4. The molecule has 0 saturated heterocycles. The molecular formula is C5H10CaO2. The van der Waals surface area contributed by atoms with Crippen molar-refractivity contribution in [1.82, 2.24) is 0 Å². The van der Waals surface area contributed by atoms with Crippen molar-refractivity contribution in [2.45, 2.75) is 20.3 Å². The SMILES string of the molecule is CCCOC(C)=O.[Ca]. The molecule has 0 unspecified atom stereocenters. The predicted molar refractivity (Wildman–Crippen MR) is 32.7 cm³/mol. The van der Waals surface area contributed by atoms with Gasteiger partial charge in [0.05, 0.1) is 6.61 Å². The molecule has 0 aliphatic carbocycles. The Morgan fingerprint density at radius 3 is 2.25 bits per heavy atom. The predicted octanol–water partition coefficient (Wildman–Crippen LogP) is 0.579. The minimum atomic E-state index is -0.193. The summed E-state index contributed by atoms with van der Waals surface area (Å²) in [5.74, 6) is -0.193. The molecule has 44 valence electrons. The Balaban J connectivity index is 0. The second-order valence-corrected chi connectivity index (χ2v) is 1.34. The van der Waals surface area contributed by atoms with Crippen LogP contribution < -0.4 is 0 Å². The molecular weight excluding hydrogens is 132 g/mol. The van der Waals surface area contributed by atoms with Crippen LogP contribution in [-0.2, 0) is 9.53 Å². The van der Waals surface area contributed by atoms with Crippen LogP contribution in [0.1, 0.15) is 20.3 Å². The molecule has 0 N–H and O–H groups in total. The second kappa shape index (κ2) is 7.73. The van der Waals surface area contributed by atoms with Crippen molar-refractivity contribution < 1.29 is 9.53 Å². The Kier molecular flexibility index (Phi) is 11.1. The van der Waals surface area contributed by atoms with Gasteiger partial charge in [-0.3, -0.25) is 4.79 Å². The number of hydrogen-bond donors (Lipinski definition) is 0. The molecule has 8 heavy (non-hydrogen) atoms. The van der Waals surface area contributed by atoms with E-state index in [2.05, 4.69) is 4.74 Å². The average molecular weight is 142 g/mol. The van der Waals surface area contributed by atoms with Crippen molar-refractivity contribution in [2.24, 2.45) is 0 Å². The minimum absolute atomic E-state index is 0. The van der Waals surface area contributed by atoms with E-state index < -0.39 is 0 Å². The molecule has 0 rings (SSSR count). The summed E-state index contributed by atoms with van der Waals surface area (Å²) >= 11 is 0. The molecule has 2 nitrogen and oxygen atoms in total. The van der Waals surface area contributed by atoms with E-state index in [1.165, 1.54) is 6.92 Å². The summed E-state index contributed by atoms with van der Waals surface area (Å²) in [6, 6.07) is 0. The molecule has 0 aromatic rings. The van der Waals surface area contributed by atoms with E-state index >= 15 is 0 Å². The zero-order chi connectivity index (χ0) is 5.70. The maximum atomic E-state index is 9.98. The maximum Gasteiger partial charge on any atom is 0.302 e. The molecule has 0 aliphatic heterocycles. The first-order valence-electron chi connectivity index (χ1n) is 2.40. The largest absolute Gasteiger partial charge is 0.466 e. The van der Waals surface area contributed by atoms with Crippen LogP contribution in [0.4, 0.5) is 0 Å². The number of ether oxygens (including phenoxy) is 1. The number of rotatable bonds is 2. The van der Waals surface area contributed by atoms with Gasteiger partial charge in [0.15, 0.2) is 0 Å².